The molecule has 1 unspecified atom stereocenters. The van der Waals surface area contributed by atoms with E-state index in [1.165, 1.54) is 12.0 Å². The van der Waals surface area contributed by atoms with Crippen LogP contribution >= 0.6 is 7.92 Å². The van der Waals surface area contributed by atoms with E-state index < -0.39 is 23.2 Å². The van der Waals surface area contributed by atoms with Gasteiger partial charge in [-0.3, -0.25) is 0 Å². The van der Waals surface area contributed by atoms with Crippen molar-refractivity contribution in [2.75, 3.05) is 13.3 Å². The smallest absolute Gasteiger partial charge is 1.00 e. The summed E-state index contributed by atoms with van der Waals surface area (Å²) in [6.07, 6.45) is 10.6. The number of rotatable bonds is 3. The Balaban J connectivity index is 0.000001000. The Kier molecular flexibility index (Phi) is 7.44. The van der Waals surface area contributed by atoms with E-state index in [0.717, 1.165) is 3.63 Å². The van der Waals surface area contributed by atoms with E-state index in [0.29, 0.717) is 0 Å². The van der Waals surface area contributed by atoms with Gasteiger partial charge in [-0.1, -0.05) is 0 Å². The van der Waals surface area contributed by atoms with Gasteiger partial charge in [-0.05, 0) is 0 Å². The molecular formula is C16H17Cl2PZr. The molecule has 0 N–H and O–H groups in total. The SMILES string of the molecule is CP(C)C1=Cc2ccccc2[CH]1[Zr+2][C]1=CC=CC1.[Cl-].[Cl-]. The fraction of sp³-hybridized carbons (Fsp3) is 0.250. The van der Waals surface area contributed by atoms with Gasteiger partial charge in [0.1, 0.15) is 0 Å². The summed E-state index contributed by atoms with van der Waals surface area (Å²) in [5, 5.41) is 1.74. The van der Waals surface area contributed by atoms with Crippen LogP contribution in [0.5, 0.6) is 0 Å². The molecule has 0 saturated heterocycles. The second kappa shape index (κ2) is 8.09. The number of fused-ring (bicyclic) bond motifs is 1. The van der Waals surface area contributed by atoms with Crippen molar-refractivity contribution in [3.63, 3.8) is 0 Å². The molecule has 3 rings (SSSR count). The molecule has 0 amide bonds. The van der Waals surface area contributed by atoms with Crippen LogP contribution in [0, 0.1) is 0 Å². The predicted molar refractivity (Wildman–Crippen MR) is 77.8 cm³/mol. The summed E-state index contributed by atoms with van der Waals surface area (Å²) in [6, 6.07) is 9.02. The summed E-state index contributed by atoms with van der Waals surface area (Å²) in [5.41, 5.74) is 3.10. The van der Waals surface area contributed by atoms with Crippen molar-refractivity contribution in [3.05, 3.63) is 62.2 Å². The Morgan fingerprint density at radius 1 is 1.15 bits per heavy atom. The fourth-order valence-corrected chi connectivity index (χ4v) is 9.49. The molecule has 0 nitrogen and oxygen atoms in total. The maximum atomic E-state index is 2.48. The molecule has 1 aromatic carbocycles. The van der Waals surface area contributed by atoms with Crippen LogP contribution in [-0.2, 0) is 23.2 Å². The van der Waals surface area contributed by atoms with E-state index in [-0.39, 0.29) is 32.7 Å². The molecule has 20 heavy (non-hydrogen) atoms. The zero-order valence-electron chi connectivity index (χ0n) is 11.6. The largest absolute Gasteiger partial charge is 1.00 e. The van der Waals surface area contributed by atoms with E-state index in [4.69, 9.17) is 0 Å². The van der Waals surface area contributed by atoms with Crippen molar-refractivity contribution in [1.82, 2.24) is 0 Å². The molecule has 0 bridgehead atoms. The minimum absolute atomic E-state index is 0. The van der Waals surface area contributed by atoms with Gasteiger partial charge in [0.25, 0.3) is 0 Å². The first-order valence-electron chi connectivity index (χ1n) is 6.36. The Morgan fingerprint density at radius 3 is 2.55 bits per heavy atom. The third-order valence-electron chi connectivity index (χ3n) is 3.52. The van der Waals surface area contributed by atoms with Gasteiger partial charge in [0.05, 0.1) is 0 Å². The molecule has 0 radical (unpaired) electrons. The Morgan fingerprint density at radius 2 is 1.90 bits per heavy atom. The molecule has 0 spiro atoms. The van der Waals surface area contributed by atoms with Gasteiger partial charge in [-0.15, -0.1) is 0 Å². The molecule has 0 fully saturated rings. The van der Waals surface area contributed by atoms with E-state index in [2.05, 4.69) is 61.9 Å². The summed E-state index contributed by atoms with van der Waals surface area (Å²) in [7, 11) is 0.0485. The van der Waals surface area contributed by atoms with E-state index >= 15 is 0 Å². The second-order valence-electron chi connectivity index (χ2n) is 4.99. The monoisotopic (exact) mass is 400 g/mol. The van der Waals surface area contributed by atoms with Crippen molar-refractivity contribution in [2.24, 2.45) is 0 Å². The molecule has 0 saturated carbocycles. The first-order valence-corrected chi connectivity index (χ1v) is 11.2. The Labute approximate surface area is 147 Å². The van der Waals surface area contributed by atoms with Crippen LogP contribution < -0.4 is 24.8 Å². The number of halogens is 2. The van der Waals surface area contributed by atoms with Crippen LogP contribution in [0.3, 0.4) is 0 Å². The first kappa shape index (κ1) is 18.4. The van der Waals surface area contributed by atoms with Crippen molar-refractivity contribution < 1.29 is 48.0 Å². The second-order valence-corrected chi connectivity index (χ2v) is 11.0. The van der Waals surface area contributed by atoms with Crippen molar-refractivity contribution in [3.8, 4) is 0 Å². The van der Waals surface area contributed by atoms with Gasteiger partial charge < -0.3 is 24.8 Å². The fourth-order valence-electron chi connectivity index (χ4n) is 2.59. The van der Waals surface area contributed by atoms with Crippen LogP contribution in [0.25, 0.3) is 6.08 Å². The molecule has 4 heteroatoms. The summed E-state index contributed by atoms with van der Waals surface area (Å²) in [6.45, 7) is 4.81. The molecule has 1 aromatic rings. The van der Waals surface area contributed by atoms with Crippen LogP contribution in [0.4, 0.5) is 0 Å². The molecular weight excluding hydrogens is 385 g/mol. The number of allylic oxidation sites excluding steroid dienone is 5. The van der Waals surface area contributed by atoms with Crippen molar-refractivity contribution in [1.29, 1.82) is 0 Å². The molecule has 2 aliphatic carbocycles. The van der Waals surface area contributed by atoms with Crippen LogP contribution in [0.2, 0.25) is 0 Å². The average molecular weight is 402 g/mol. The topological polar surface area (TPSA) is 0 Å². The standard InChI is InChI=1S/C11H12P.C5H5.2ClH.Zr/c1-12(2)11-7-9-5-3-4-6-10(9)8-11;1-2-4-5-3-1;;;/h3-8H,1-2H3;1-3H,4H2;2*1H;/q;;;;+2/p-2. The third-order valence-corrected chi connectivity index (χ3v) is 9.60. The third kappa shape index (κ3) is 3.75. The normalized spacial score (nSPS) is 18.6. The van der Waals surface area contributed by atoms with Gasteiger partial charge in [0, 0.05) is 0 Å². The quantitative estimate of drug-likeness (QED) is 0.555. The van der Waals surface area contributed by atoms with Gasteiger partial charge in [-0.2, -0.15) is 0 Å². The zero-order valence-corrected chi connectivity index (χ0v) is 16.5. The van der Waals surface area contributed by atoms with Gasteiger partial charge >= 0.3 is 123 Å². The van der Waals surface area contributed by atoms with Gasteiger partial charge in [0.15, 0.2) is 0 Å². The van der Waals surface area contributed by atoms with Gasteiger partial charge in [0.2, 0.25) is 0 Å². The molecule has 0 heterocycles. The summed E-state index contributed by atoms with van der Waals surface area (Å²) in [4.78, 5) is 0. The number of hydrogen-bond acceptors (Lipinski definition) is 0. The maximum absolute atomic E-state index is 2.48. The minimum Gasteiger partial charge on any atom is -1.00 e. The summed E-state index contributed by atoms with van der Waals surface area (Å²) >= 11 is -0.500. The Hall–Kier alpha value is 0.333. The van der Waals surface area contributed by atoms with Gasteiger partial charge in [-0.25, -0.2) is 0 Å². The molecule has 0 aliphatic heterocycles. The number of hydrogen-bond donors (Lipinski definition) is 0. The van der Waals surface area contributed by atoms with Crippen LogP contribution in [-0.4, -0.2) is 13.3 Å². The molecule has 1 atom stereocenters. The van der Waals surface area contributed by atoms with Crippen molar-refractivity contribution in [2.45, 2.75) is 10.0 Å². The summed E-state index contributed by atoms with van der Waals surface area (Å²) < 4.78 is 2.56. The molecule has 104 valence electrons. The minimum atomic E-state index is -0.500. The predicted octanol–water partition coefficient (Wildman–Crippen LogP) is -1.24. The van der Waals surface area contributed by atoms with Crippen LogP contribution in [0.1, 0.15) is 21.2 Å². The molecule has 2 aliphatic rings. The van der Waals surface area contributed by atoms with Crippen molar-refractivity contribution >= 4 is 14.0 Å². The van der Waals surface area contributed by atoms with Crippen LogP contribution in [0.15, 0.2) is 51.1 Å². The van der Waals surface area contributed by atoms with E-state index in [1.807, 2.05) is 0 Å². The van der Waals surface area contributed by atoms with E-state index in [1.54, 1.807) is 14.2 Å². The number of benzene rings is 1. The zero-order chi connectivity index (χ0) is 12.5. The first-order chi connectivity index (χ1) is 8.75. The average Bonchev–Trinajstić information content (AvgIpc) is 2.98. The maximum Gasteiger partial charge on any atom is -1.00 e. The summed E-state index contributed by atoms with van der Waals surface area (Å²) in [5.74, 6) is 0. The Bertz CT molecular complexity index is 561. The van der Waals surface area contributed by atoms with E-state index in [9.17, 15) is 0 Å². The molecule has 0 aromatic heterocycles.